The van der Waals surface area contributed by atoms with Crippen LogP contribution in [0, 0.1) is 0 Å². The minimum absolute atomic E-state index is 0.148. The molecule has 0 aliphatic carbocycles. The summed E-state index contributed by atoms with van der Waals surface area (Å²) in [6.45, 7) is 9.32. The van der Waals surface area contributed by atoms with Crippen LogP contribution in [0.2, 0.25) is 0 Å². The maximum Gasteiger partial charge on any atom is 0.310 e. The highest BCUT2D eigenvalue weighted by Crippen LogP contribution is 2.40. The molecule has 0 aliphatic heterocycles. The lowest BCUT2D eigenvalue weighted by Crippen LogP contribution is -2.10. The summed E-state index contributed by atoms with van der Waals surface area (Å²) in [4.78, 5) is 11.7. The molecule has 0 heterocycles. The van der Waals surface area contributed by atoms with Crippen LogP contribution in [0.5, 0.6) is 17.2 Å². The zero-order valence-electron chi connectivity index (χ0n) is 13.2. The van der Waals surface area contributed by atoms with Crippen LogP contribution < -0.4 is 14.2 Å². The molecule has 5 heteroatoms. The van der Waals surface area contributed by atoms with Gasteiger partial charge in [-0.15, -0.1) is 0 Å². The summed E-state index contributed by atoms with van der Waals surface area (Å²) in [5, 5.41) is 0. The first-order chi connectivity index (χ1) is 10.2. The van der Waals surface area contributed by atoms with Crippen molar-refractivity contribution in [1.82, 2.24) is 0 Å². The Morgan fingerprint density at radius 1 is 0.857 bits per heavy atom. The Morgan fingerprint density at radius 3 is 2.05 bits per heavy atom. The van der Waals surface area contributed by atoms with E-state index in [4.69, 9.17) is 18.9 Å². The van der Waals surface area contributed by atoms with E-state index in [-0.39, 0.29) is 12.4 Å². The second kappa shape index (κ2) is 9.10. The molecule has 0 saturated heterocycles. The van der Waals surface area contributed by atoms with Gasteiger partial charge in [-0.25, -0.2) is 0 Å². The van der Waals surface area contributed by atoms with Crippen LogP contribution in [0.3, 0.4) is 0 Å². The normalized spacial score (nSPS) is 10.1. The Labute approximate surface area is 126 Å². The number of carbonyl (C=O) groups is 1. The monoisotopic (exact) mass is 296 g/mol. The lowest BCUT2D eigenvalue weighted by molar-refractivity contribution is -0.142. The first-order valence-corrected chi connectivity index (χ1v) is 7.37. The van der Waals surface area contributed by atoms with E-state index in [0.29, 0.717) is 43.7 Å². The molecule has 1 rings (SSSR count). The third-order valence-corrected chi connectivity index (χ3v) is 2.67. The van der Waals surface area contributed by atoms with Gasteiger partial charge in [-0.3, -0.25) is 4.79 Å². The number of esters is 1. The molecule has 0 spiro atoms. The van der Waals surface area contributed by atoms with Crippen molar-refractivity contribution in [1.29, 1.82) is 0 Å². The fourth-order valence-corrected chi connectivity index (χ4v) is 1.94. The molecule has 1 aromatic carbocycles. The SMILES string of the molecule is CCOC(=O)Cc1ccc(OCC)c(OCC)c1OCC. The number of benzene rings is 1. The minimum Gasteiger partial charge on any atom is -0.490 e. The number of rotatable bonds is 9. The lowest BCUT2D eigenvalue weighted by Gasteiger charge is -2.18. The highest BCUT2D eigenvalue weighted by atomic mass is 16.5. The summed E-state index contributed by atoms with van der Waals surface area (Å²) in [5.74, 6) is 1.43. The molecule has 0 radical (unpaired) electrons. The fraction of sp³-hybridized carbons (Fsp3) is 0.562. The van der Waals surface area contributed by atoms with Gasteiger partial charge in [0.25, 0.3) is 0 Å². The van der Waals surface area contributed by atoms with E-state index in [1.54, 1.807) is 13.0 Å². The van der Waals surface area contributed by atoms with Gasteiger partial charge in [-0.1, -0.05) is 6.07 Å². The van der Waals surface area contributed by atoms with E-state index in [2.05, 4.69) is 0 Å². The summed E-state index contributed by atoms with van der Waals surface area (Å²) in [6.07, 6.45) is 0.148. The van der Waals surface area contributed by atoms with Gasteiger partial charge >= 0.3 is 5.97 Å². The van der Waals surface area contributed by atoms with Gasteiger partial charge in [0.2, 0.25) is 5.75 Å². The molecular formula is C16H24O5. The van der Waals surface area contributed by atoms with Crippen LogP contribution in [0.25, 0.3) is 0 Å². The van der Waals surface area contributed by atoms with Gasteiger partial charge in [-0.2, -0.15) is 0 Å². The molecule has 0 atom stereocenters. The van der Waals surface area contributed by atoms with Crippen LogP contribution in [0.1, 0.15) is 33.3 Å². The van der Waals surface area contributed by atoms with Gasteiger partial charge in [0.1, 0.15) is 0 Å². The molecule has 0 amide bonds. The van der Waals surface area contributed by atoms with Gasteiger partial charge in [0, 0.05) is 5.56 Å². The van der Waals surface area contributed by atoms with E-state index in [1.807, 2.05) is 26.8 Å². The Kier molecular flexibility index (Phi) is 7.43. The van der Waals surface area contributed by atoms with Gasteiger partial charge in [0.15, 0.2) is 11.5 Å². The summed E-state index contributed by atoms with van der Waals surface area (Å²) < 4.78 is 21.9. The summed E-state index contributed by atoms with van der Waals surface area (Å²) >= 11 is 0. The Balaban J connectivity index is 3.17. The molecule has 118 valence electrons. The average molecular weight is 296 g/mol. The molecule has 5 nitrogen and oxygen atoms in total. The van der Waals surface area contributed by atoms with Gasteiger partial charge < -0.3 is 18.9 Å². The van der Waals surface area contributed by atoms with Crippen molar-refractivity contribution in [2.24, 2.45) is 0 Å². The molecule has 0 saturated carbocycles. The van der Waals surface area contributed by atoms with E-state index >= 15 is 0 Å². The number of ether oxygens (including phenoxy) is 4. The highest BCUT2D eigenvalue weighted by Gasteiger charge is 2.19. The zero-order valence-corrected chi connectivity index (χ0v) is 13.2. The van der Waals surface area contributed by atoms with Crippen LogP contribution in [0.15, 0.2) is 12.1 Å². The maximum absolute atomic E-state index is 11.7. The first-order valence-electron chi connectivity index (χ1n) is 7.37. The fourth-order valence-electron chi connectivity index (χ4n) is 1.94. The summed E-state index contributed by atoms with van der Waals surface area (Å²) in [7, 11) is 0. The molecule has 21 heavy (non-hydrogen) atoms. The Bertz CT molecular complexity index is 456. The van der Waals surface area contributed by atoms with E-state index in [0.717, 1.165) is 5.56 Å². The molecule has 1 aromatic rings. The van der Waals surface area contributed by atoms with Gasteiger partial charge in [-0.05, 0) is 33.8 Å². The van der Waals surface area contributed by atoms with Crippen molar-refractivity contribution >= 4 is 5.97 Å². The summed E-state index contributed by atoms with van der Waals surface area (Å²) in [6, 6.07) is 3.61. The zero-order chi connectivity index (χ0) is 15.7. The molecule has 0 aromatic heterocycles. The predicted octanol–water partition coefficient (Wildman–Crippen LogP) is 2.99. The van der Waals surface area contributed by atoms with E-state index in [9.17, 15) is 4.79 Å². The number of hydrogen-bond donors (Lipinski definition) is 0. The largest absolute Gasteiger partial charge is 0.490 e. The quantitative estimate of drug-likeness (QED) is 0.656. The van der Waals surface area contributed by atoms with Crippen molar-refractivity contribution < 1.29 is 23.7 Å². The maximum atomic E-state index is 11.7. The van der Waals surface area contributed by atoms with Gasteiger partial charge in [0.05, 0.1) is 32.8 Å². The van der Waals surface area contributed by atoms with Crippen molar-refractivity contribution in [2.45, 2.75) is 34.1 Å². The number of carbonyl (C=O) groups excluding carboxylic acids is 1. The molecule has 0 fully saturated rings. The smallest absolute Gasteiger partial charge is 0.310 e. The molecule has 0 bridgehead atoms. The predicted molar refractivity (Wildman–Crippen MR) is 80.3 cm³/mol. The minimum atomic E-state index is -0.287. The second-order valence-corrected chi connectivity index (χ2v) is 4.16. The molecule has 0 N–H and O–H groups in total. The Hall–Kier alpha value is -1.91. The van der Waals surface area contributed by atoms with E-state index < -0.39 is 0 Å². The molecule has 0 unspecified atom stereocenters. The van der Waals surface area contributed by atoms with E-state index in [1.165, 1.54) is 0 Å². The average Bonchev–Trinajstić information content (AvgIpc) is 2.45. The molecular weight excluding hydrogens is 272 g/mol. The molecule has 0 aliphatic rings. The first kappa shape index (κ1) is 17.1. The second-order valence-electron chi connectivity index (χ2n) is 4.16. The van der Waals surface area contributed by atoms with Crippen LogP contribution >= 0.6 is 0 Å². The third kappa shape index (κ3) is 4.85. The standard InChI is InChI=1S/C16H24O5/c1-5-18-13-10-9-12(11-14(17)19-6-2)15(20-7-3)16(13)21-8-4/h9-10H,5-8,11H2,1-4H3. The third-order valence-electron chi connectivity index (χ3n) is 2.67. The van der Waals surface area contributed by atoms with Crippen molar-refractivity contribution in [3.05, 3.63) is 17.7 Å². The van der Waals surface area contributed by atoms with Crippen LogP contribution in [-0.2, 0) is 16.0 Å². The van der Waals surface area contributed by atoms with Crippen molar-refractivity contribution in [3.8, 4) is 17.2 Å². The Morgan fingerprint density at radius 2 is 1.48 bits per heavy atom. The lowest BCUT2D eigenvalue weighted by atomic mass is 10.1. The topological polar surface area (TPSA) is 54.0 Å². The van der Waals surface area contributed by atoms with Crippen molar-refractivity contribution in [3.63, 3.8) is 0 Å². The van der Waals surface area contributed by atoms with Crippen LogP contribution in [-0.4, -0.2) is 32.4 Å². The highest BCUT2D eigenvalue weighted by molar-refractivity contribution is 5.75. The van der Waals surface area contributed by atoms with Crippen LogP contribution in [0.4, 0.5) is 0 Å². The number of hydrogen-bond acceptors (Lipinski definition) is 5. The summed E-state index contributed by atoms with van der Waals surface area (Å²) in [5.41, 5.74) is 0.738. The van der Waals surface area contributed by atoms with Crippen molar-refractivity contribution in [2.75, 3.05) is 26.4 Å².